The minimum Gasteiger partial charge on any atom is -0.465 e. The lowest BCUT2D eigenvalue weighted by Crippen LogP contribution is -2.38. The van der Waals surface area contributed by atoms with E-state index in [1.165, 1.54) is 11.4 Å². The molecule has 0 radical (unpaired) electrons. The zero-order valence-electron chi connectivity index (χ0n) is 16.7. The largest absolute Gasteiger partial charge is 0.465 e. The molecule has 3 rings (SSSR count). The van der Waals surface area contributed by atoms with Gasteiger partial charge in [0.1, 0.15) is 4.21 Å². The lowest BCUT2D eigenvalue weighted by molar-refractivity contribution is -0.135. The smallest absolute Gasteiger partial charge is 0.340 e. The number of nitrogens with zero attached hydrogens (tertiary/aromatic N) is 2. The van der Waals surface area contributed by atoms with E-state index in [0.29, 0.717) is 32.6 Å². The maximum atomic E-state index is 13.4. The van der Waals surface area contributed by atoms with Gasteiger partial charge in [-0.05, 0) is 24.8 Å². The van der Waals surface area contributed by atoms with Crippen LogP contribution in [0, 0.1) is 5.92 Å². The van der Waals surface area contributed by atoms with E-state index in [9.17, 15) is 18.0 Å². The van der Waals surface area contributed by atoms with Crippen LogP contribution in [0.3, 0.4) is 0 Å². The second-order valence-corrected chi connectivity index (χ2v) is 10.9. The fraction of sp³-hybridized carbons (Fsp3) is 0.684. The zero-order chi connectivity index (χ0) is 20.5. The number of fused-ring (bicyclic) bond motifs is 1. The Morgan fingerprint density at radius 1 is 1.07 bits per heavy atom. The first-order valence-electron chi connectivity index (χ1n) is 9.79. The molecular formula is C19H28N2O5S2. The number of hydrogen-bond acceptors (Lipinski definition) is 6. The third-order valence-corrected chi connectivity index (χ3v) is 8.97. The predicted octanol–water partition coefficient (Wildman–Crippen LogP) is 2.64. The van der Waals surface area contributed by atoms with Crippen LogP contribution in [-0.4, -0.2) is 56.2 Å². The van der Waals surface area contributed by atoms with Gasteiger partial charge in [0.25, 0.3) is 10.0 Å². The van der Waals surface area contributed by atoms with E-state index in [1.807, 2.05) is 13.8 Å². The molecule has 0 spiro atoms. The van der Waals surface area contributed by atoms with Gasteiger partial charge in [0.05, 0.1) is 19.2 Å². The van der Waals surface area contributed by atoms with Gasteiger partial charge in [-0.15, -0.1) is 11.3 Å². The predicted molar refractivity (Wildman–Crippen MR) is 107 cm³/mol. The van der Waals surface area contributed by atoms with Crippen molar-refractivity contribution in [2.75, 3.05) is 26.7 Å². The Bertz CT molecular complexity index is 852. The van der Waals surface area contributed by atoms with Crippen LogP contribution >= 0.6 is 11.3 Å². The van der Waals surface area contributed by atoms with Gasteiger partial charge in [-0.2, -0.15) is 4.31 Å². The maximum absolute atomic E-state index is 13.4. The van der Waals surface area contributed by atoms with Crippen LogP contribution in [-0.2, 0) is 32.5 Å². The van der Waals surface area contributed by atoms with Crippen molar-refractivity contribution in [1.29, 1.82) is 0 Å². The average Bonchev–Trinajstić information content (AvgIpc) is 2.85. The normalized spacial score (nSPS) is 18.6. The van der Waals surface area contributed by atoms with Crippen molar-refractivity contribution in [2.24, 2.45) is 5.92 Å². The van der Waals surface area contributed by atoms with Gasteiger partial charge in [-0.25, -0.2) is 13.2 Å². The second-order valence-electron chi connectivity index (χ2n) is 7.64. The number of methoxy groups -OCH3 is 1. The van der Waals surface area contributed by atoms with Crippen LogP contribution in [0.4, 0.5) is 0 Å². The Balaban J connectivity index is 2.02. The van der Waals surface area contributed by atoms with Crippen molar-refractivity contribution in [3.63, 3.8) is 0 Å². The molecule has 3 heterocycles. The SMILES string of the molecule is COC(=O)c1c(S(=O)(=O)N2CCCCCC2)sc2c1CCN(C(=O)C(C)C)C2. The molecule has 9 heteroatoms. The number of hydrogen-bond donors (Lipinski definition) is 0. The molecule has 0 aromatic carbocycles. The molecule has 1 amide bonds. The summed E-state index contributed by atoms with van der Waals surface area (Å²) in [5, 5.41) is 0. The lowest BCUT2D eigenvalue weighted by Gasteiger charge is -2.28. The number of esters is 1. The molecule has 28 heavy (non-hydrogen) atoms. The van der Waals surface area contributed by atoms with E-state index >= 15 is 0 Å². The summed E-state index contributed by atoms with van der Waals surface area (Å²) in [6.45, 7) is 5.47. The topological polar surface area (TPSA) is 84.0 Å². The van der Waals surface area contributed by atoms with Crippen molar-refractivity contribution in [3.8, 4) is 0 Å². The standard InChI is InChI=1S/C19H28N2O5S2/c1-13(2)17(22)20-11-8-14-15(12-20)27-19(16(14)18(23)26-3)28(24,25)21-9-6-4-5-7-10-21/h13H,4-12H2,1-3H3. The van der Waals surface area contributed by atoms with E-state index < -0.39 is 16.0 Å². The molecule has 0 saturated carbocycles. The molecule has 0 aliphatic carbocycles. The van der Waals surface area contributed by atoms with Gasteiger partial charge in [0.15, 0.2) is 0 Å². The van der Waals surface area contributed by atoms with Crippen molar-refractivity contribution in [3.05, 3.63) is 16.0 Å². The van der Waals surface area contributed by atoms with Crippen LogP contribution in [0.15, 0.2) is 4.21 Å². The van der Waals surface area contributed by atoms with E-state index in [4.69, 9.17) is 4.74 Å². The number of sulfonamides is 1. The Hall–Kier alpha value is -1.45. The first-order chi connectivity index (χ1) is 13.3. The molecule has 1 fully saturated rings. The first-order valence-corrected chi connectivity index (χ1v) is 12.0. The van der Waals surface area contributed by atoms with Gasteiger partial charge >= 0.3 is 5.97 Å². The summed E-state index contributed by atoms with van der Waals surface area (Å²) in [6, 6.07) is 0. The summed E-state index contributed by atoms with van der Waals surface area (Å²) in [4.78, 5) is 27.4. The molecule has 1 aromatic rings. The molecule has 1 saturated heterocycles. The molecule has 0 bridgehead atoms. The van der Waals surface area contributed by atoms with Gasteiger partial charge < -0.3 is 9.64 Å². The van der Waals surface area contributed by atoms with Gasteiger partial charge in [-0.3, -0.25) is 4.79 Å². The molecule has 1 aromatic heterocycles. The highest BCUT2D eigenvalue weighted by atomic mass is 32.2. The van der Waals surface area contributed by atoms with E-state index in [0.717, 1.165) is 47.5 Å². The molecule has 2 aliphatic rings. The Labute approximate surface area is 170 Å². The number of carbonyl (C=O) groups excluding carboxylic acids is 2. The van der Waals surface area contributed by atoms with Crippen LogP contribution in [0.2, 0.25) is 0 Å². The van der Waals surface area contributed by atoms with Gasteiger partial charge in [0, 0.05) is 30.4 Å². The average molecular weight is 429 g/mol. The Morgan fingerprint density at radius 3 is 2.29 bits per heavy atom. The fourth-order valence-electron chi connectivity index (χ4n) is 3.82. The molecule has 0 N–H and O–H groups in total. The summed E-state index contributed by atoms with van der Waals surface area (Å²) >= 11 is 1.12. The highest BCUT2D eigenvalue weighted by molar-refractivity contribution is 7.91. The van der Waals surface area contributed by atoms with Crippen molar-refractivity contribution < 1.29 is 22.7 Å². The number of thiophene rings is 1. The third-order valence-electron chi connectivity index (χ3n) is 5.36. The van der Waals surface area contributed by atoms with Gasteiger partial charge in [0.2, 0.25) is 5.91 Å². The summed E-state index contributed by atoms with van der Waals surface area (Å²) in [7, 11) is -2.50. The highest BCUT2D eigenvalue weighted by Gasteiger charge is 2.37. The highest BCUT2D eigenvalue weighted by Crippen LogP contribution is 2.38. The second kappa shape index (κ2) is 8.51. The van der Waals surface area contributed by atoms with E-state index in [1.54, 1.807) is 4.90 Å². The van der Waals surface area contributed by atoms with Crippen LogP contribution in [0.1, 0.15) is 60.3 Å². The molecule has 7 nitrogen and oxygen atoms in total. The number of carbonyl (C=O) groups is 2. The monoisotopic (exact) mass is 428 g/mol. The number of ether oxygens (including phenoxy) is 1. The molecule has 0 unspecified atom stereocenters. The van der Waals surface area contributed by atoms with E-state index in [-0.39, 0.29) is 21.6 Å². The minimum absolute atomic E-state index is 0.0376. The summed E-state index contributed by atoms with van der Waals surface area (Å²) < 4.78 is 33.2. The summed E-state index contributed by atoms with van der Waals surface area (Å²) in [5.41, 5.74) is 0.890. The van der Waals surface area contributed by atoms with Crippen molar-refractivity contribution in [1.82, 2.24) is 9.21 Å². The third kappa shape index (κ3) is 3.97. The maximum Gasteiger partial charge on any atom is 0.340 e. The minimum atomic E-state index is -3.77. The Morgan fingerprint density at radius 2 is 1.71 bits per heavy atom. The Kier molecular flexibility index (Phi) is 6.46. The van der Waals surface area contributed by atoms with Crippen molar-refractivity contribution in [2.45, 2.75) is 56.7 Å². The molecule has 2 aliphatic heterocycles. The van der Waals surface area contributed by atoms with Gasteiger partial charge in [-0.1, -0.05) is 26.7 Å². The summed E-state index contributed by atoms with van der Waals surface area (Å²) in [6.07, 6.45) is 4.15. The van der Waals surface area contributed by atoms with Crippen molar-refractivity contribution >= 4 is 33.2 Å². The van der Waals surface area contributed by atoms with E-state index in [2.05, 4.69) is 0 Å². The summed E-state index contributed by atoms with van der Waals surface area (Å²) in [5.74, 6) is -0.702. The van der Waals surface area contributed by atoms with Crippen LogP contribution in [0.5, 0.6) is 0 Å². The first kappa shape index (κ1) is 21.3. The fourth-order valence-corrected chi connectivity index (χ4v) is 7.38. The number of rotatable bonds is 4. The van der Waals surface area contributed by atoms with Crippen LogP contribution in [0.25, 0.3) is 0 Å². The number of amides is 1. The molecular weight excluding hydrogens is 400 g/mol. The zero-order valence-corrected chi connectivity index (χ0v) is 18.3. The molecule has 0 atom stereocenters. The lowest BCUT2D eigenvalue weighted by atomic mass is 10.0. The quantitative estimate of drug-likeness (QED) is 0.689. The van der Waals surface area contributed by atoms with Crippen LogP contribution < -0.4 is 0 Å². The molecule has 156 valence electrons.